The maximum atomic E-state index is 13.0. The normalized spacial score (nSPS) is 40.7. The number of amides is 2. The van der Waals surface area contributed by atoms with Gasteiger partial charge in [0.25, 0.3) is 0 Å². The fraction of sp³-hybridized carbons (Fsp3) is 0.444. The molecule has 0 radical (unpaired) electrons. The summed E-state index contributed by atoms with van der Waals surface area (Å²) in [5.41, 5.74) is 0.586. The number of carbonyl (C=O) groups is 2. The van der Waals surface area contributed by atoms with Gasteiger partial charge in [0.1, 0.15) is 5.75 Å². The Morgan fingerprint density at radius 3 is 2.18 bits per heavy atom. The van der Waals surface area contributed by atoms with Gasteiger partial charge in [-0.3, -0.25) is 9.59 Å². The number of methoxy groups -OCH3 is 1. The van der Waals surface area contributed by atoms with Crippen LogP contribution in [0, 0.1) is 35.5 Å². The van der Waals surface area contributed by atoms with Gasteiger partial charge in [-0.2, -0.15) is 0 Å². The van der Waals surface area contributed by atoms with Crippen LogP contribution in [0.1, 0.15) is 6.42 Å². The van der Waals surface area contributed by atoms with E-state index in [0.29, 0.717) is 23.3 Å². The van der Waals surface area contributed by atoms with Crippen molar-refractivity contribution in [3.63, 3.8) is 0 Å². The van der Waals surface area contributed by atoms with Crippen molar-refractivity contribution < 1.29 is 14.3 Å². The molecular formula is C18H17NO3. The number of nitrogens with zero attached hydrogens (tertiary/aromatic N) is 1. The van der Waals surface area contributed by atoms with E-state index in [9.17, 15) is 9.59 Å². The Kier molecular flexibility index (Phi) is 2.26. The van der Waals surface area contributed by atoms with Crippen molar-refractivity contribution in [1.29, 1.82) is 0 Å². The van der Waals surface area contributed by atoms with Gasteiger partial charge in [-0.25, -0.2) is 4.90 Å². The molecule has 6 rings (SSSR count). The van der Waals surface area contributed by atoms with Crippen LogP contribution in [0.4, 0.5) is 5.69 Å². The molecule has 1 aromatic rings. The number of hydrogen-bond acceptors (Lipinski definition) is 3. The summed E-state index contributed by atoms with van der Waals surface area (Å²) in [6.07, 6.45) is 5.57. The van der Waals surface area contributed by atoms with E-state index >= 15 is 0 Å². The van der Waals surface area contributed by atoms with E-state index in [0.717, 1.165) is 0 Å². The Morgan fingerprint density at radius 1 is 1.00 bits per heavy atom. The number of hydrogen-bond donors (Lipinski definition) is 0. The summed E-state index contributed by atoms with van der Waals surface area (Å²) in [4.78, 5) is 27.4. The third-order valence-corrected chi connectivity index (χ3v) is 5.99. The second kappa shape index (κ2) is 4.00. The third kappa shape index (κ3) is 1.33. The van der Waals surface area contributed by atoms with Crippen LogP contribution in [-0.4, -0.2) is 18.9 Å². The van der Waals surface area contributed by atoms with Gasteiger partial charge in [0, 0.05) is 0 Å². The summed E-state index contributed by atoms with van der Waals surface area (Å²) >= 11 is 0. The zero-order chi connectivity index (χ0) is 15.0. The lowest BCUT2D eigenvalue weighted by molar-refractivity contribution is -0.124. The summed E-state index contributed by atoms with van der Waals surface area (Å²) in [6, 6.07) is 7.27. The first-order chi connectivity index (χ1) is 10.7. The van der Waals surface area contributed by atoms with Crippen LogP contribution in [0.3, 0.4) is 0 Å². The fourth-order valence-electron chi connectivity index (χ4n) is 5.01. The summed E-state index contributed by atoms with van der Waals surface area (Å²) in [5, 5.41) is 0. The molecule has 22 heavy (non-hydrogen) atoms. The molecule has 112 valence electrons. The number of rotatable bonds is 2. The molecule has 1 aromatic carbocycles. The second-order valence-corrected chi connectivity index (χ2v) is 6.84. The SMILES string of the molecule is COc1ccccc1N1C(=O)[C@H]2[C@@H]3C=C[C@H]([C@H]4C[C@H]34)[C@@H]2C1=O. The average molecular weight is 295 g/mol. The molecule has 1 saturated heterocycles. The highest BCUT2D eigenvalue weighted by atomic mass is 16.5. The Morgan fingerprint density at radius 2 is 1.59 bits per heavy atom. The molecule has 2 saturated carbocycles. The standard InChI is InChI=1S/C18H17NO3/c1-22-14-5-3-2-4-13(14)19-17(20)15-9-6-7-10(12-8-11(9)12)16(15)18(19)21/h2-7,9-12,15-16H,8H2,1H3/t9-,10-,11-,12-,15+,16+/m1/s1. The van der Waals surface area contributed by atoms with Gasteiger partial charge in [0.05, 0.1) is 24.6 Å². The molecule has 3 fully saturated rings. The van der Waals surface area contributed by atoms with Crippen molar-refractivity contribution in [3.8, 4) is 5.75 Å². The average Bonchev–Trinajstić information content (AvgIpc) is 3.32. The molecule has 0 N–H and O–H groups in total. The quantitative estimate of drug-likeness (QED) is 0.621. The lowest BCUT2D eigenvalue weighted by Gasteiger charge is -2.37. The Hall–Kier alpha value is -2.10. The molecule has 1 heterocycles. The maximum absolute atomic E-state index is 13.0. The van der Waals surface area contributed by atoms with Crippen molar-refractivity contribution in [2.45, 2.75) is 6.42 Å². The molecule has 5 aliphatic rings. The smallest absolute Gasteiger partial charge is 0.238 e. The highest BCUT2D eigenvalue weighted by Gasteiger charge is 2.67. The van der Waals surface area contributed by atoms with Crippen molar-refractivity contribution in [2.24, 2.45) is 35.5 Å². The predicted molar refractivity (Wildman–Crippen MR) is 80.2 cm³/mol. The van der Waals surface area contributed by atoms with Gasteiger partial charge < -0.3 is 4.74 Å². The maximum Gasteiger partial charge on any atom is 0.238 e. The van der Waals surface area contributed by atoms with E-state index in [1.54, 1.807) is 19.2 Å². The van der Waals surface area contributed by atoms with Crippen molar-refractivity contribution >= 4 is 17.5 Å². The van der Waals surface area contributed by atoms with E-state index in [1.165, 1.54) is 11.3 Å². The summed E-state index contributed by atoms with van der Waals surface area (Å²) < 4.78 is 5.35. The molecule has 6 atom stereocenters. The van der Waals surface area contributed by atoms with Crippen LogP contribution in [0.25, 0.3) is 0 Å². The van der Waals surface area contributed by atoms with E-state index in [2.05, 4.69) is 12.2 Å². The van der Waals surface area contributed by atoms with Crippen molar-refractivity contribution in [2.75, 3.05) is 12.0 Å². The number of carbonyl (C=O) groups excluding carboxylic acids is 2. The van der Waals surface area contributed by atoms with E-state index in [1.807, 2.05) is 12.1 Å². The van der Waals surface area contributed by atoms with Gasteiger partial charge in [-0.15, -0.1) is 0 Å². The Labute approximate surface area is 128 Å². The lowest BCUT2D eigenvalue weighted by Crippen LogP contribution is -2.40. The molecule has 2 bridgehead atoms. The first-order valence-electron chi connectivity index (χ1n) is 7.91. The van der Waals surface area contributed by atoms with Crippen LogP contribution >= 0.6 is 0 Å². The van der Waals surface area contributed by atoms with Gasteiger partial charge in [0.15, 0.2) is 0 Å². The Bertz CT molecular complexity index is 689. The second-order valence-electron chi connectivity index (χ2n) is 6.84. The molecule has 0 spiro atoms. The zero-order valence-corrected chi connectivity index (χ0v) is 12.3. The minimum absolute atomic E-state index is 0.0378. The van der Waals surface area contributed by atoms with Crippen molar-refractivity contribution in [1.82, 2.24) is 0 Å². The molecule has 2 amide bonds. The van der Waals surface area contributed by atoms with Crippen LogP contribution in [-0.2, 0) is 9.59 Å². The summed E-state index contributed by atoms with van der Waals surface area (Å²) in [7, 11) is 1.57. The highest BCUT2D eigenvalue weighted by Crippen LogP contribution is 2.65. The molecular weight excluding hydrogens is 278 g/mol. The van der Waals surface area contributed by atoms with E-state index in [-0.39, 0.29) is 35.5 Å². The number of para-hydroxylation sites is 2. The lowest BCUT2D eigenvalue weighted by atomic mass is 9.63. The number of imide groups is 1. The van der Waals surface area contributed by atoms with E-state index < -0.39 is 0 Å². The van der Waals surface area contributed by atoms with Crippen LogP contribution in [0.15, 0.2) is 36.4 Å². The molecule has 4 heteroatoms. The molecule has 4 nitrogen and oxygen atoms in total. The Balaban J connectivity index is 1.60. The van der Waals surface area contributed by atoms with Crippen LogP contribution in [0.5, 0.6) is 5.75 Å². The molecule has 0 aromatic heterocycles. The summed E-state index contributed by atoms with van der Waals surface area (Å²) in [6.45, 7) is 0. The fourth-order valence-corrected chi connectivity index (χ4v) is 5.01. The van der Waals surface area contributed by atoms with E-state index in [4.69, 9.17) is 4.74 Å². The zero-order valence-electron chi connectivity index (χ0n) is 12.3. The minimum atomic E-state index is -0.156. The number of benzene rings is 1. The number of ether oxygens (including phenoxy) is 1. The van der Waals surface area contributed by atoms with Gasteiger partial charge in [-0.05, 0) is 42.2 Å². The first-order valence-corrected chi connectivity index (χ1v) is 7.91. The van der Waals surface area contributed by atoms with Crippen LogP contribution in [0.2, 0.25) is 0 Å². The van der Waals surface area contributed by atoms with Crippen molar-refractivity contribution in [3.05, 3.63) is 36.4 Å². The topological polar surface area (TPSA) is 46.6 Å². The first kappa shape index (κ1) is 12.4. The monoisotopic (exact) mass is 295 g/mol. The molecule has 1 aliphatic heterocycles. The van der Waals surface area contributed by atoms with Gasteiger partial charge >= 0.3 is 0 Å². The largest absolute Gasteiger partial charge is 0.495 e. The van der Waals surface area contributed by atoms with Gasteiger partial charge in [-0.1, -0.05) is 24.3 Å². The highest BCUT2D eigenvalue weighted by molar-refractivity contribution is 6.23. The third-order valence-electron chi connectivity index (χ3n) is 5.99. The summed E-state index contributed by atoms with van der Waals surface area (Å²) in [5.74, 6) is 1.97. The number of allylic oxidation sites excluding steroid dienone is 2. The minimum Gasteiger partial charge on any atom is -0.495 e. The van der Waals surface area contributed by atoms with Crippen LogP contribution < -0.4 is 9.64 Å². The van der Waals surface area contributed by atoms with Gasteiger partial charge in [0.2, 0.25) is 11.8 Å². The number of anilines is 1. The molecule has 0 unspecified atom stereocenters. The predicted octanol–water partition coefficient (Wildman–Crippen LogP) is 2.25. The molecule has 4 aliphatic carbocycles.